The van der Waals surface area contributed by atoms with Gasteiger partial charge in [-0.25, -0.2) is 9.14 Å². The van der Waals surface area contributed by atoms with Gasteiger partial charge < -0.3 is 8.98 Å². The third kappa shape index (κ3) is 2.01. The van der Waals surface area contributed by atoms with Gasteiger partial charge in [0.25, 0.3) is 0 Å². The molecule has 8 rings (SSSR count). The van der Waals surface area contributed by atoms with Crippen LogP contribution < -0.4 is 4.57 Å². The third-order valence-corrected chi connectivity index (χ3v) is 7.92. The standard InChI is InChI=1S/C27H25N5O/c1-3-18-25(17-8-4-5-9-19(17)28(18)2)27-32-21-16-31-23(29-14-7-10-20(21)29)11-6-12-24(31)30-15-13-22(33-27)26(30)32/h3-4,7-8,10,12-15,21H,1,5-6,9,11,16H2,2H3/q+2. The van der Waals surface area contributed by atoms with Gasteiger partial charge in [-0.05, 0) is 43.5 Å². The van der Waals surface area contributed by atoms with E-state index in [-0.39, 0.29) is 6.04 Å². The summed E-state index contributed by atoms with van der Waals surface area (Å²) in [5.74, 6) is 3.55. The molecule has 0 amide bonds. The van der Waals surface area contributed by atoms with E-state index in [1.807, 2.05) is 6.08 Å². The first-order valence-electron chi connectivity index (χ1n) is 11.8. The average Bonchev–Trinajstić information content (AvgIpc) is 3.59. The largest absolute Gasteiger partial charge is 0.414 e. The summed E-state index contributed by atoms with van der Waals surface area (Å²) in [5.41, 5.74) is 8.29. The highest BCUT2D eigenvalue weighted by Gasteiger charge is 2.46. The van der Waals surface area contributed by atoms with Crippen LogP contribution in [0.4, 0.5) is 0 Å². The number of hydrogen-bond acceptors (Lipinski definition) is 1. The number of allylic oxidation sites excluding steroid dienone is 2. The zero-order valence-electron chi connectivity index (χ0n) is 18.7. The maximum Gasteiger partial charge on any atom is 0.308 e. The van der Waals surface area contributed by atoms with Crippen LogP contribution in [0.25, 0.3) is 40.7 Å². The maximum atomic E-state index is 6.72. The van der Waals surface area contributed by atoms with Crippen molar-refractivity contribution in [2.45, 2.75) is 31.7 Å². The molecule has 0 spiro atoms. The van der Waals surface area contributed by atoms with Crippen LogP contribution in [0.2, 0.25) is 0 Å². The quantitative estimate of drug-likeness (QED) is 0.430. The van der Waals surface area contributed by atoms with E-state index in [9.17, 15) is 0 Å². The zero-order valence-corrected chi connectivity index (χ0v) is 18.7. The van der Waals surface area contributed by atoms with Gasteiger partial charge in [0, 0.05) is 30.8 Å². The summed E-state index contributed by atoms with van der Waals surface area (Å²) in [6.45, 7) is 5.09. The predicted octanol–water partition coefficient (Wildman–Crippen LogP) is 4.40. The van der Waals surface area contributed by atoms with Crippen LogP contribution in [-0.4, -0.2) is 30.7 Å². The molecule has 0 saturated heterocycles. The Labute approximate surface area is 191 Å². The Morgan fingerprint density at radius 2 is 2.09 bits per heavy atom. The number of nitrogens with zero attached hydrogens (tertiary/aromatic N) is 5. The Kier molecular flexibility index (Phi) is 3.20. The van der Waals surface area contributed by atoms with Crippen LogP contribution in [0.3, 0.4) is 0 Å². The zero-order chi connectivity index (χ0) is 21.8. The molecule has 0 saturated carbocycles. The van der Waals surface area contributed by atoms with E-state index in [2.05, 4.69) is 85.3 Å². The molecule has 1 aliphatic carbocycles. The minimum Gasteiger partial charge on any atom is -0.414 e. The average molecular weight is 436 g/mol. The summed E-state index contributed by atoms with van der Waals surface area (Å²) in [6, 6.07) is 6.72. The molecular formula is C27H25N5O+2. The van der Waals surface area contributed by atoms with Gasteiger partial charge in [0.05, 0.1) is 23.7 Å². The monoisotopic (exact) mass is 435 g/mol. The van der Waals surface area contributed by atoms with Crippen LogP contribution >= 0.6 is 0 Å². The van der Waals surface area contributed by atoms with E-state index in [1.54, 1.807) is 0 Å². The normalized spacial score (nSPS) is 20.0. The number of hydrogen-bond donors (Lipinski definition) is 0. The van der Waals surface area contributed by atoms with Crippen LogP contribution in [0.5, 0.6) is 0 Å². The molecular weight excluding hydrogens is 410 g/mol. The third-order valence-electron chi connectivity index (χ3n) is 7.92. The molecule has 162 valence electrons. The van der Waals surface area contributed by atoms with Crippen LogP contribution in [0, 0.1) is 0 Å². The molecule has 0 aromatic carbocycles. The second-order valence-electron chi connectivity index (χ2n) is 9.42. The molecule has 3 aliphatic heterocycles. The van der Waals surface area contributed by atoms with E-state index in [0.29, 0.717) is 0 Å². The molecule has 4 aliphatic rings. The summed E-state index contributed by atoms with van der Waals surface area (Å²) >= 11 is 0. The van der Waals surface area contributed by atoms with Crippen molar-refractivity contribution in [3.8, 4) is 11.5 Å². The highest BCUT2D eigenvalue weighted by molar-refractivity contribution is 5.86. The lowest BCUT2D eigenvalue weighted by Gasteiger charge is -2.26. The van der Waals surface area contributed by atoms with Gasteiger partial charge in [-0.3, -0.25) is 0 Å². The molecule has 0 N–H and O–H groups in total. The van der Waals surface area contributed by atoms with Gasteiger partial charge in [-0.2, -0.15) is 9.13 Å². The number of oxazole rings is 1. The summed E-state index contributed by atoms with van der Waals surface area (Å²) in [6.07, 6.45) is 17.5. The van der Waals surface area contributed by atoms with Crippen molar-refractivity contribution in [1.29, 1.82) is 0 Å². The van der Waals surface area contributed by atoms with Crippen molar-refractivity contribution in [2.75, 3.05) is 6.54 Å². The summed E-state index contributed by atoms with van der Waals surface area (Å²) in [4.78, 5) is 0. The molecule has 1 atom stereocenters. The van der Waals surface area contributed by atoms with Gasteiger partial charge in [0.1, 0.15) is 12.2 Å². The number of rotatable bonds is 2. The van der Waals surface area contributed by atoms with Crippen LogP contribution in [0.15, 0.2) is 53.7 Å². The fourth-order valence-electron chi connectivity index (χ4n) is 6.53. The SMILES string of the molecule is C=Cc1c(-c2oc3ccn4c3[n+]2C2C[N+]3=C(CCC=C43)n3cccc32)c2c(n1C)CCC=C2. The molecule has 4 bridgehead atoms. The molecule has 0 fully saturated rings. The van der Waals surface area contributed by atoms with Crippen molar-refractivity contribution in [2.24, 2.45) is 7.05 Å². The van der Waals surface area contributed by atoms with Gasteiger partial charge in [0.2, 0.25) is 17.2 Å². The summed E-state index contributed by atoms with van der Waals surface area (Å²) in [5, 5.41) is 0. The Hall–Kier alpha value is -3.80. The molecule has 4 aromatic rings. The first-order chi connectivity index (χ1) is 16.3. The van der Waals surface area contributed by atoms with Gasteiger partial charge in [0.15, 0.2) is 6.04 Å². The van der Waals surface area contributed by atoms with E-state index < -0.39 is 0 Å². The molecule has 0 radical (unpaired) electrons. The molecule has 4 aromatic heterocycles. The Morgan fingerprint density at radius 3 is 3.00 bits per heavy atom. The first-order valence-corrected chi connectivity index (χ1v) is 11.8. The van der Waals surface area contributed by atoms with Gasteiger partial charge in [-0.1, -0.05) is 18.7 Å². The molecule has 7 heterocycles. The lowest BCUT2D eigenvalue weighted by molar-refractivity contribution is -0.703. The lowest BCUT2D eigenvalue weighted by atomic mass is 10.00. The van der Waals surface area contributed by atoms with E-state index in [1.165, 1.54) is 28.6 Å². The van der Waals surface area contributed by atoms with Crippen LogP contribution in [-0.2, 0) is 13.5 Å². The van der Waals surface area contributed by atoms with Gasteiger partial charge >= 0.3 is 11.5 Å². The Morgan fingerprint density at radius 1 is 1.15 bits per heavy atom. The fraction of sp³-hybridized carbons (Fsp3) is 0.259. The Balaban J connectivity index is 1.52. The number of aromatic nitrogens is 4. The fourth-order valence-corrected chi connectivity index (χ4v) is 6.53. The second kappa shape index (κ2) is 5.95. The van der Waals surface area contributed by atoms with Crippen molar-refractivity contribution < 1.29 is 13.6 Å². The van der Waals surface area contributed by atoms with Crippen molar-refractivity contribution in [3.63, 3.8) is 0 Å². The van der Waals surface area contributed by atoms with E-state index >= 15 is 0 Å². The minimum absolute atomic E-state index is 0.152. The van der Waals surface area contributed by atoms with E-state index in [4.69, 9.17) is 4.42 Å². The molecule has 33 heavy (non-hydrogen) atoms. The number of fused-ring (bicyclic) bond motifs is 3. The smallest absolute Gasteiger partial charge is 0.308 e. The minimum atomic E-state index is 0.152. The first kappa shape index (κ1) is 17.7. The molecule has 6 nitrogen and oxygen atoms in total. The van der Waals surface area contributed by atoms with Crippen molar-refractivity contribution in [3.05, 3.63) is 72.0 Å². The summed E-state index contributed by atoms with van der Waals surface area (Å²) in [7, 11) is 2.15. The lowest BCUT2D eigenvalue weighted by Crippen LogP contribution is -2.49. The highest BCUT2D eigenvalue weighted by Crippen LogP contribution is 2.40. The Bertz CT molecular complexity index is 1630. The van der Waals surface area contributed by atoms with Gasteiger partial charge in [-0.15, -0.1) is 0 Å². The predicted molar refractivity (Wildman–Crippen MR) is 128 cm³/mol. The van der Waals surface area contributed by atoms with Crippen molar-refractivity contribution >= 4 is 35.0 Å². The summed E-state index contributed by atoms with van der Waals surface area (Å²) < 4.78 is 18.7. The van der Waals surface area contributed by atoms with Crippen molar-refractivity contribution in [1.82, 2.24) is 13.7 Å². The topological polar surface area (TPSA) is 34.8 Å². The highest BCUT2D eigenvalue weighted by atomic mass is 16.4. The van der Waals surface area contributed by atoms with E-state index in [0.717, 1.165) is 60.6 Å². The molecule has 1 unspecified atom stereocenters. The van der Waals surface area contributed by atoms with Crippen LogP contribution in [0.1, 0.15) is 47.9 Å². The molecule has 6 heteroatoms. The maximum absolute atomic E-state index is 6.72. The second-order valence-corrected chi connectivity index (χ2v) is 9.42.